The molecule has 0 atom stereocenters. The van der Waals surface area contributed by atoms with Crippen molar-refractivity contribution in [3.05, 3.63) is 41.5 Å². The van der Waals surface area contributed by atoms with Crippen LogP contribution in [0, 0.1) is 0 Å². The van der Waals surface area contributed by atoms with Gasteiger partial charge in [0.15, 0.2) is 0 Å². The van der Waals surface area contributed by atoms with Gasteiger partial charge < -0.3 is 10.1 Å². The van der Waals surface area contributed by atoms with Crippen LogP contribution in [-0.2, 0) is 9.53 Å². The minimum absolute atomic E-state index is 0.0745. The van der Waals surface area contributed by atoms with Crippen LogP contribution in [-0.4, -0.2) is 25.0 Å². The van der Waals surface area contributed by atoms with Crippen LogP contribution in [0.4, 0.5) is 0 Å². The van der Waals surface area contributed by atoms with Gasteiger partial charge in [-0.2, -0.15) is 0 Å². The molecular formula is C14H15NO3. The van der Waals surface area contributed by atoms with E-state index in [0.29, 0.717) is 11.6 Å². The SMILES string of the molecule is COC(=O)c1ccc(C=CC(=O)NC2CC2)cc1. The molecule has 4 heteroatoms. The van der Waals surface area contributed by atoms with Gasteiger partial charge in [0, 0.05) is 12.1 Å². The fourth-order valence-corrected chi connectivity index (χ4v) is 1.50. The summed E-state index contributed by atoms with van der Waals surface area (Å²) in [5.41, 5.74) is 1.37. The zero-order valence-corrected chi connectivity index (χ0v) is 10.2. The molecule has 94 valence electrons. The topological polar surface area (TPSA) is 55.4 Å². The molecule has 1 amide bonds. The largest absolute Gasteiger partial charge is 0.465 e. The van der Waals surface area contributed by atoms with Gasteiger partial charge in [-0.15, -0.1) is 0 Å². The molecule has 0 bridgehead atoms. The molecule has 1 saturated carbocycles. The lowest BCUT2D eigenvalue weighted by atomic mass is 10.1. The Labute approximate surface area is 106 Å². The van der Waals surface area contributed by atoms with Crippen LogP contribution in [0.1, 0.15) is 28.8 Å². The predicted molar refractivity (Wildman–Crippen MR) is 68.0 cm³/mol. The van der Waals surface area contributed by atoms with Crippen molar-refractivity contribution >= 4 is 18.0 Å². The number of carbonyl (C=O) groups is 2. The van der Waals surface area contributed by atoms with E-state index in [1.54, 1.807) is 30.3 Å². The van der Waals surface area contributed by atoms with Gasteiger partial charge >= 0.3 is 5.97 Å². The quantitative estimate of drug-likeness (QED) is 0.649. The van der Waals surface area contributed by atoms with Gasteiger partial charge in [0.2, 0.25) is 5.91 Å². The van der Waals surface area contributed by atoms with E-state index in [4.69, 9.17) is 0 Å². The average Bonchev–Trinajstić information content (AvgIpc) is 3.20. The van der Waals surface area contributed by atoms with Crippen LogP contribution in [0.2, 0.25) is 0 Å². The molecule has 1 aromatic rings. The molecule has 1 N–H and O–H groups in total. The van der Waals surface area contributed by atoms with Gasteiger partial charge in [-0.3, -0.25) is 4.79 Å². The minimum atomic E-state index is -0.364. The number of nitrogens with one attached hydrogen (secondary N) is 1. The third-order valence-electron chi connectivity index (χ3n) is 2.68. The zero-order chi connectivity index (χ0) is 13.0. The lowest BCUT2D eigenvalue weighted by Gasteiger charge is -2.00. The Morgan fingerprint density at radius 3 is 2.50 bits per heavy atom. The lowest BCUT2D eigenvalue weighted by molar-refractivity contribution is -0.116. The summed E-state index contributed by atoms with van der Waals surface area (Å²) >= 11 is 0. The van der Waals surface area contributed by atoms with Gasteiger partial charge in [-0.05, 0) is 36.6 Å². The monoisotopic (exact) mass is 245 g/mol. The maximum Gasteiger partial charge on any atom is 0.337 e. The summed E-state index contributed by atoms with van der Waals surface area (Å²) in [5, 5.41) is 2.86. The second-order valence-corrected chi connectivity index (χ2v) is 4.23. The number of amides is 1. The maximum atomic E-state index is 11.4. The van der Waals surface area contributed by atoms with Crippen molar-refractivity contribution < 1.29 is 14.3 Å². The highest BCUT2D eigenvalue weighted by molar-refractivity contribution is 5.92. The Bertz CT molecular complexity index is 472. The zero-order valence-electron chi connectivity index (χ0n) is 10.2. The molecule has 1 aromatic carbocycles. The van der Waals surface area contributed by atoms with Crippen LogP contribution < -0.4 is 5.32 Å². The number of hydrogen-bond donors (Lipinski definition) is 1. The van der Waals surface area contributed by atoms with Crippen LogP contribution in [0.15, 0.2) is 30.3 Å². The molecule has 1 aliphatic rings. The number of ether oxygens (including phenoxy) is 1. The van der Waals surface area contributed by atoms with Crippen LogP contribution in [0.3, 0.4) is 0 Å². The van der Waals surface area contributed by atoms with Gasteiger partial charge in [-0.1, -0.05) is 12.1 Å². The summed E-state index contributed by atoms with van der Waals surface area (Å²) < 4.78 is 4.60. The molecule has 0 aromatic heterocycles. The third-order valence-corrected chi connectivity index (χ3v) is 2.68. The average molecular weight is 245 g/mol. The Morgan fingerprint density at radius 1 is 1.28 bits per heavy atom. The van der Waals surface area contributed by atoms with Gasteiger partial charge in [-0.25, -0.2) is 4.79 Å². The number of rotatable bonds is 4. The highest BCUT2D eigenvalue weighted by atomic mass is 16.5. The van der Waals surface area contributed by atoms with E-state index in [9.17, 15) is 9.59 Å². The lowest BCUT2D eigenvalue weighted by Crippen LogP contribution is -2.22. The summed E-state index contributed by atoms with van der Waals surface area (Å²) in [6.07, 6.45) is 5.38. The normalized spacial score (nSPS) is 14.5. The molecule has 4 nitrogen and oxygen atoms in total. The van der Waals surface area contributed by atoms with Gasteiger partial charge in [0.05, 0.1) is 12.7 Å². The molecule has 0 aliphatic heterocycles. The minimum Gasteiger partial charge on any atom is -0.465 e. The van der Waals surface area contributed by atoms with Gasteiger partial charge in [0.25, 0.3) is 0 Å². The Morgan fingerprint density at radius 2 is 1.94 bits per heavy atom. The number of hydrogen-bond acceptors (Lipinski definition) is 3. The van der Waals surface area contributed by atoms with Crippen LogP contribution in [0.5, 0.6) is 0 Å². The summed E-state index contributed by atoms with van der Waals surface area (Å²) in [5.74, 6) is -0.438. The van der Waals surface area contributed by atoms with Crippen molar-refractivity contribution in [2.45, 2.75) is 18.9 Å². The van der Waals surface area contributed by atoms with Gasteiger partial charge in [0.1, 0.15) is 0 Å². The fourth-order valence-electron chi connectivity index (χ4n) is 1.50. The molecule has 0 unspecified atom stereocenters. The highest BCUT2D eigenvalue weighted by Gasteiger charge is 2.21. The molecule has 0 saturated heterocycles. The van der Waals surface area contributed by atoms with E-state index in [-0.39, 0.29) is 11.9 Å². The van der Waals surface area contributed by atoms with Crippen molar-refractivity contribution in [1.82, 2.24) is 5.32 Å². The van der Waals surface area contributed by atoms with E-state index in [2.05, 4.69) is 10.1 Å². The predicted octanol–water partition coefficient (Wildman–Crippen LogP) is 1.76. The van der Waals surface area contributed by atoms with E-state index >= 15 is 0 Å². The molecular weight excluding hydrogens is 230 g/mol. The first-order valence-electron chi connectivity index (χ1n) is 5.86. The van der Waals surface area contributed by atoms with Crippen molar-refractivity contribution in [3.8, 4) is 0 Å². The Hall–Kier alpha value is -2.10. The first-order valence-corrected chi connectivity index (χ1v) is 5.86. The van der Waals surface area contributed by atoms with E-state index in [1.807, 2.05) is 0 Å². The Kier molecular flexibility index (Phi) is 3.77. The molecule has 2 rings (SSSR count). The van der Waals surface area contributed by atoms with Crippen LogP contribution >= 0.6 is 0 Å². The van der Waals surface area contributed by atoms with Crippen molar-refractivity contribution in [3.63, 3.8) is 0 Å². The van der Waals surface area contributed by atoms with Crippen molar-refractivity contribution in [1.29, 1.82) is 0 Å². The maximum absolute atomic E-state index is 11.4. The number of benzene rings is 1. The second kappa shape index (κ2) is 5.49. The Balaban J connectivity index is 1.94. The number of methoxy groups -OCH3 is 1. The first kappa shape index (κ1) is 12.4. The first-order chi connectivity index (χ1) is 8.69. The van der Waals surface area contributed by atoms with Crippen molar-refractivity contribution in [2.24, 2.45) is 0 Å². The second-order valence-electron chi connectivity index (χ2n) is 4.23. The third kappa shape index (κ3) is 3.45. The van der Waals surface area contributed by atoms with E-state index < -0.39 is 0 Å². The summed E-state index contributed by atoms with van der Waals surface area (Å²) in [7, 11) is 1.35. The summed E-state index contributed by atoms with van der Waals surface area (Å²) in [4.78, 5) is 22.6. The number of carbonyl (C=O) groups excluding carboxylic acids is 2. The molecule has 0 heterocycles. The molecule has 0 radical (unpaired) electrons. The van der Waals surface area contributed by atoms with Crippen molar-refractivity contribution in [2.75, 3.05) is 7.11 Å². The standard InChI is InChI=1S/C14H15NO3/c1-18-14(17)11-5-2-10(3-6-11)4-9-13(16)15-12-7-8-12/h2-6,9,12H,7-8H2,1H3,(H,15,16). The smallest absolute Gasteiger partial charge is 0.337 e. The highest BCUT2D eigenvalue weighted by Crippen LogP contribution is 2.18. The molecule has 18 heavy (non-hydrogen) atoms. The summed E-state index contributed by atoms with van der Waals surface area (Å²) in [6.45, 7) is 0. The number of esters is 1. The fraction of sp³-hybridized carbons (Fsp3) is 0.286. The molecule has 1 fully saturated rings. The molecule has 0 spiro atoms. The van der Waals surface area contributed by atoms with E-state index in [1.165, 1.54) is 13.2 Å². The molecule has 1 aliphatic carbocycles. The summed E-state index contributed by atoms with van der Waals surface area (Å²) in [6, 6.07) is 7.25. The van der Waals surface area contributed by atoms with Crippen LogP contribution in [0.25, 0.3) is 6.08 Å². The van der Waals surface area contributed by atoms with E-state index in [0.717, 1.165) is 18.4 Å².